The van der Waals surface area contributed by atoms with Gasteiger partial charge in [0, 0.05) is 7.05 Å². The van der Waals surface area contributed by atoms with Crippen molar-refractivity contribution in [3.05, 3.63) is 0 Å². The van der Waals surface area contributed by atoms with E-state index in [1.54, 1.807) is 7.05 Å². The van der Waals surface area contributed by atoms with Crippen LogP contribution in [0, 0.1) is 10.8 Å². The first-order valence-electron chi connectivity index (χ1n) is 5.19. The van der Waals surface area contributed by atoms with Crippen molar-refractivity contribution < 1.29 is 14.7 Å². The van der Waals surface area contributed by atoms with Gasteiger partial charge < -0.3 is 9.94 Å². The molecule has 0 saturated carbocycles. The van der Waals surface area contributed by atoms with Crippen LogP contribution in [0.1, 0.15) is 40.5 Å². The third-order valence-corrected chi connectivity index (χ3v) is 2.19. The zero-order valence-electron chi connectivity index (χ0n) is 10.4. The number of hydroxylamine groups is 1. The van der Waals surface area contributed by atoms with Crippen molar-refractivity contribution in [2.75, 3.05) is 13.7 Å². The molecule has 2 N–H and O–H groups in total. The molecule has 0 aromatic carbocycles. The standard InChI is InChI=1S/C11H23NO3/c1-10(2,6-9(13)14)7-11(3,4)8-15-12-5/h12H,6-8H2,1-5H3,(H,13,14). The number of aliphatic carboxylic acids is 1. The fourth-order valence-corrected chi connectivity index (χ4v) is 2.09. The molecule has 4 heteroatoms. The molecule has 0 radical (unpaired) electrons. The van der Waals surface area contributed by atoms with Crippen LogP contribution in [0.25, 0.3) is 0 Å². The summed E-state index contributed by atoms with van der Waals surface area (Å²) in [5, 5.41) is 8.78. The monoisotopic (exact) mass is 217 g/mol. The maximum Gasteiger partial charge on any atom is 0.303 e. The Morgan fingerprint density at radius 3 is 2.20 bits per heavy atom. The van der Waals surface area contributed by atoms with Gasteiger partial charge in [0.2, 0.25) is 0 Å². The maximum atomic E-state index is 10.7. The van der Waals surface area contributed by atoms with Crippen molar-refractivity contribution in [3.8, 4) is 0 Å². The van der Waals surface area contributed by atoms with Crippen molar-refractivity contribution in [1.82, 2.24) is 5.48 Å². The third kappa shape index (κ3) is 7.33. The second-order valence-corrected chi connectivity index (χ2v) is 5.57. The van der Waals surface area contributed by atoms with Gasteiger partial charge in [0.15, 0.2) is 0 Å². The van der Waals surface area contributed by atoms with Crippen molar-refractivity contribution in [2.24, 2.45) is 10.8 Å². The van der Waals surface area contributed by atoms with Gasteiger partial charge >= 0.3 is 5.97 Å². The number of hydrogen-bond donors (Lipinski definition) is 2. The molecule has 0 saturated heterocycles. The normalized spacial score (nSPS) is 12.9. The van der Waals surface area contributed by atoms with Crippen LogP contribution in [0.5, 0.6) is 0 Å². The molecule has 0 fully saturated rings. The Bertz CT molecular complexity index is 212. The highest BCUT2D eigenvalue weighted by Gasteiger charge is 2.30. The lowest BCUT2D eigenvalue weighted by molar-refractivity contribution is -0.139. The van der Waals surface area contributed by atoms with Gasteiger partial charge in [0.1, 0.15) is 0 Å². The zero-order chi connectivity index (χ0) is 12.1. The molecule has 0 unspecified atom stereocenters. The minimum atomic E-state index is -0.745. The second-order valence-electron chi connectivity index (χ2n) is 5.57. The Kier molecular flexibility index (Phi) is 5.24. The average Bonchev–Trinajstić information content (AvgIpc) is 1.95. The molecule has 0 bridgehead atoms. The molecule has 90 valence electrons. The Morgan fingerprint density at radius 2 is 1.80 bits per heavy atom. The van der Waals surface area contributed by atoms with Crippen LogP contribution < -0.4 is 5.48 Å². The van der Waals surface area contributed by atoms with E-state index in [0.29, 0.717) is 6.61 Å². The molecule has 4 nitrogen and oxygen atoms in total. The van der Waals surface area contributed by atoms with Gasteiger partial charge in [-0.15, -0.1) is 0 Å². The lowest BCUT2D eigenvalue weighted by Crippen LogP contribution is -2.30. The highest BCUT2D eigenvalue weighted by Crippen LogP contribution is 2.36. The molecular weight excluding hydrogens is 194 g/mol. The lowest BCUT2D eigenvalue weighted by atomic mass is 9.74. The van der Waals surface area contributed by atoms with Crippen LogP contribution in [0.3, 0.4) is 0 Å². The molecule has 0 spiro atoms. The molecule has 0 amide bonds. The topological polar surface area (TPSA) is 58.6 Å². The summed E-state index contributed by atoms with van der Waals surface area (Å²) in [5.41, 5.74) is 2.41. The largest absolute Gasteiger partial charge is 0.481 e. The zero-order valence-corrected chi connectivity index (χ0v) is 10.4. The van der Waals surface area contributed by atoms with Gasteiger partial charge in [-0.3, -0.25) is 4.79 Å². The van der Waals surface area contributed by atoms with Crippen LogP contribution in [-0.2, 0) is 9.63 Å². The summed E-state index contributed by atoms with van der Waals surface area (Å²) >= 11 is 0. The maximum absolute atomic E-state index is 10.7. The van der Waals surface area contributed by atoms with Gasteiger partial charge in [0.05, 0.1) is 13.0 Å². The predicted molar refractivity (Wildman–Crippen MR) is 59.4 cm³/mol. The Hall–Kier alpha value is -0.610. The summed E-state index contributed by atoms with van der Waals surface area (Å²) in [4.78, 5) is 15.8. The molecule has 0 atom stereocenters. The van der Waals surface area contributed by atoms with E-state index in [9.17, 15) is 4.79 Å². The Labute approximate surface area is 92.0 Å². The van der Waals surface area contributed by atoms with E-state index < -0.39 is 5.97 Å². The number of carboxylic acids is 1. The average molecular weight is 217 g/mol. The van der Waals surface area contributed by atoms with E-state index in [4.69, 9.17) is 9.94 Å². The van der Waals surface area contributed by atoms with Gasteiger partial charge in [-0.25, -0.2) is 5.48 Å². The predicted octanol–water partition coefficient (Wildman–Crippen LogP) is 2.05. The fourth-order valence-electron chi connectivity index (χ4n) is 2.09. The summed E-state index contributed by atoms with van der Waals surface area (Å²) in [5.74, 6) is -0.745. The van der Waals surface area contributed by atoms with E-state index in [0.717, 1.165) is 6.42 Å². The fraction of sp³-hybridized carbons (Fsp3) is 0.909. The molecule has 0 aliphatic carbocycles. The van der Waals surface area contributed by atoms with Crippen LogP contribution in [0.15, 0.2) is 0 Å². The van der Waals surface area contributed by atoms with Gasteiger partial charge in [-0.1, -0.05) is 27.7 Å². The number of nitrogens with one attached hydrogen (secondary N) is 1. The molecule has 0 aliphatic rings. The van der Waals surface area contributed by atoms with Gasteiger partial charge in [-0.05, 0) is 17.3 Å². The first kappa shape index (κ1) is 14.4. The summed E-state index contributed by atoms with van der Waals surface area (Å²) < 4.78 is 0. The van der Waals surface area contributed by atoms with Gasteiger partial charge in [-0.2, -0.15) is 0 Å². The molecule has 0 aliphatic heterocycles. The number of hydrogen-bond acceptors (Lipinski definition) is 3. The molecule has 0 rings (SSSR count). The van der Waals surface area contributed by atoms with Crippen molar-refractivity contribution >= 4 is 5.97 Å². The summed E-state index contributed by atoms with van der Waals surface area (Å²) in [6.45, 7) is 8.68. The van der Waals surface area contributed by atoms with Crippen LogP contribution in [0.4, 0.5) is 0 Å². The third-order valence-electron chi connectivity index (χ3n) is 2.19. The molecule has 15 heavy (non-hydrogen) atoms. The minimum absolute atomic E-state index is 0.0258. The van der Waals surface area contributed by atoms with E-state index in [1.165, 1.54) is 0 Å². The minimum Gasteiger partial charge on any atom is -0.481 e. The molecule has 0 aromatic rings. The van der Waals surface area contributed by atoms with Crippen LogP contribution in [0.2, 0.25) is 0 Å². The van der Waals surface area contributed by atoms with E-state index in [1.807, 2.05) is 13.8 Å². The quantitative estimate of drug-likeness (QED) is 0.641. The molecule has 0 heterocycles. The van der Waals surface area contributed by atoms with Gasteiger partial charge in [0.25, 0.3) is 0 Å². The first-order valence-corrected chi connectivity index (χ1v) is 5.19. The summed E-state index contributed by atoms with van der Waals surface area (Å²) in [7, 11) is 1.72. The van der Waals surface area contributed by atoms with E-state index in [-0.39, 0.29) is 17.3 Å². The summed E-state index contributed by atoms with van der Waals surface area (Å²) in [6.07, 6.45) is 1.00. The van der Waals surface area contributed by atoms with E-state index >= 15 is 0 Å². The number of carbonyl (C=O) groups is 1. The van der Waals surface area contributed by atoms with Crippen molar-refractivity contribution in [3.63, 3.8) is 0 Å². The summed E-state index contributed by atoms with van der Waals surface area (Å²) in [6, 6.07) is 0. The van der Waals surface area contributed by atoms with Crippen molar-refractivity contribution in [2.45, 2.75) is 40.5 Å². The molecule has 0 aromatic heterocycles. The SMILES string of the molecule is CNOCC(C)(C)CC(C)(C)CC(=O)O. The highest BCUT2D eigenvalue weighted by atomic mass is 16.6. The second kappa shape index (κ2) is 5.47. The van der Waals surface area contributed by atoms with Crippen LogP contribution in [-0.4, -0.2) is 24.7 Å². The Morgan fingerprint density at radius 1 is 1.27 bits per heavy atom. The number of rotatable bonds is 7. The number of carboxylic acid groups (broad SMARTS) is 1. The first-order chi connectivity index (χ1) is 6.68. The smallest absolute Gasteiger partial charge is 0.303 e. The molecular formula is C11H23NO3. The van der Waals surface area contributed by atoms with Crippen molar-refractivity contribution in [1.29, 1.82) is 0 Å². The highest BCUT2D eigenvalue weighted by molar-refractivity contribution is 5.67. The lowest BCUT2D eigenvalue weighted by Gasteiger charge is -2.33. The van der Waals surface area contributed by atoms with Crippen LogP contribution >= 0.6 is 0 Å². The Balaban J connectivity index is 4.22. The van der Waals surface area contributed by atoms with E-state index in [2.05, 4.69) is 19.3 Å².